The predicted octanol–water partition coefficient (Wildman–Crippen LogP) is 4.27. The van der Waals surface area contributed by atoms with Crippen LogP contribution in [0, 0.1) is 0 Å². The Morgan fingerprint density at radius 2 is 1.55 bits per heavy atom. The highest BCUT2D eigenvalue weighted by molar-refractivity contribution is 5.84. The largest absolute Gasteiger partial charge is 0.366 e. The number of amides is 1. The van der Waals surface area contributed by atoms with Crippen LogP contribution in [0.4, 0.5) is 0 Å². The highest BCUT2D eigenvalue weighted by Crippen LogP contribution is 2.12. The summed E-state index contributed by atoms with van der Waals surface area (Å²) < 4.78 is 5.61. The van der Waals surface area contributed by atoms with Gasteiger partial charge in [-0.15, -0.1) is 0 Å². The zero-order chi connectivity index (χ0) is 18.2. The molecular formula is C18H42N2O2. The molecule has 0 aromatic rings. The average Bonchev–Trinajstić information content (AvgIpc) is 2.40. The van der Waals surface area contributed by atoms with Crippen molar-refractivity contribution in [1.82, 2.24) is 5.32 Å². The number of nitrogens with one attached hydrogen (secondary N) is 1. The van der Waals surface area contributed by atoms with Gasteiger partial charge in [-0.25, -0.2) is 0 Å². The summed E-state index contributed by atoms with van der Waals surface area (Å²) in [5, 5.41) is 2.88. The standard InChI is InChI=1S/C13H28N2O2.C3H8.C2H6/c1-6-7-9-15-11(16)13(4,5)17-10-8-12(2,3)14;1-3-2;1-2/h6-10,14H2,1-5H3,(H,15,16);3H2,1-2H3;1-2H3. The number of unbranched alkanes of at least 4 members (excludes halogenated alkanes) is 1. The minimum absolute atomic E-state index is 0.0548. The average molecular weight is 319 g/mol. The van der Waals surface area contributed by atoms with Gasteiger partial charge in [0.1, 0.15) is 5.60 Å². The molecule has 0 bridgehead atoms. The third-order valence-corrected chi connectivity index (χ3v) is 2.57. The number of nitrogens with two attached hydrogens (primary N) is 1. The zero-order valence-corrected chi connectivity index (χ0v) is 16.6. The molecule has 0 atom stereocenters. The molecule has 0 aliphatic heterocycles. The minimum Gasteiger partial charge on any atom is -0.366 e. The first-order valence-corrected chi connectivity index (χ1v) is 8.81. The number of carbonyl (C=O) groups is 1. The summed E-state index contributed by atoms with van der Waals surface area (Å²) in [4.78, 5) is 11.8. The Kier molecular flexibility index (Phi) is 18.3. The van der Waals surface area contributed by atoms with Crippen molar-refractivity contribution in [3.8, 4) is 0 Å². The fourth-order valence-electron chi connectivity index (χ4n) is 1.23. The van der Waals surface area contributed by atoms with Gasteiger partial charge in [0.15, 0.2) is 0 Å². The SMILES string of the molecule is CC.CCC.CCCCNC(=O)C(C)(C)OCCC(C)(C)N. The molecule has 3 N–H and O–H groups in total. The molecular weight excluding hydrogens is 276 g/mol. The van der Waals surface area contributed by atoms with Crippen molar-refractivity contribution in [3.05, 3.63) is 0 Å². The predicted molar refractivity (Wildman–Crippen MR) is 98.1 cm³/mol. The number of carbonyl (C=O) groups excluding carboxylic acids is 1. The van der Waals surface area contributed by atoms with Gasteiger partial charge >= 0.3 is 0 Å². The fraction of sp³-hybridized carbons (Fsp3) is 0.944. The van der Waals surface area contributed by atoms with Gasteiger partial charge in [0.25, 0.3) is 5.91 Å². The third kappa shape index (κ3) is 19.4. The number of ether oxygens (including phenoxy) is 1. The van der Waals surface area contributed by atoms with Crippen molar-refractivity contribution >= 4 is 5.91 Å². The summed E-state index contributed by atoms with van der Waals surface area (Å²) >= 11 is 0. The van der Waals surface area contributed by atoms with Gasteiger partial charge in [0.05, 0.1) is 0 Å². The molecule has 0 saturated heterocycles. The fourth-order valence-corrected chi connectivity index (χ4v) is 1.23. The van der Waals surface area contributed by atoms with E-state index in [0.717, 1.165) is 19.3 Å². The second-order valence-electron chi connectivity index (χ2n) is 6.41. The topological polar surface area (TPSA) is 64.3 Å². The molecule has 0 saturated carbocycles. The quantitative estimate of drug-likeness (QED) is 0.657. The van der Waals surface area contributed by atoms with Crippen molar-refractivity contribution in [1.29, 1.82) is 0 Å². The van der Waals surface area contributed by atoms with Crippen molar-refractivity contribution in [2.45, 2.75) is 99.1 Å². The van der Waals surface area contributed by atoms with E-state index in [0.29, 0.717) is 13.2 Å². The summed E-state index contributed by atoms with van der Waals surface area (Å²) in [7, 11) is 0. The molecule has 0 spiro atoms. The summed E-state index contributed by atoms with van der Waals surface area (Å²) in [5.41, 5.74) is 4.82. The van der Waals surface area contributed by atoms with Crippen molar-refractivity contribution in [2.75, 3.05) is 13.2 Å². The minimum atomic E-state index is -0.779. The maximum absolute atomic E-state index is 11.8. The maximum atomic E-state index is 11.8. The lowest BCUT2D eigenvalue weighted by molar-refractivity contribution is -0.143. The van der Waals surface area contributed by atoms with Crippen LogP contribution in [0.2, 0.25) is 0 Å². The van der Waals surface area contributed by atoms with E-state index >= 15 is 0 Å². The van der Waals surface area contributed by atoms with Gasteiger partial charge in [-0.2, -0.15) is 0 Å². The molecule has 0 fully saturated rings. The van der Waals surface area contributed by atoms with Gasteiger partial charge in [-0.3, -0.25) is 4.79 Å². The van der Waals surface area contributed by atoms with Crippen LogP contribution in [-0.2, 0) is 9.53 Å². The molecule has 4 nitrogen and oxygen atoms in total. The van der Waals surface area contributed by atoms with Gasteiger partial charge in [0.2, 0.25) is 0 Å². The van der Waals surface area contributed by atoms with E-state index in [4.69, 9.17) is 10.5 Å². The Hall–Kier alpha value is -0.610. The number of rotatable bonds is 8. The Morgan fingerprint density at radius 3 is 1.91 bits per heavy atom. The van der Waals surface area contributed by atoms with Gasteiger partial charge in [-0.05, 0) is 40.5 Å². The third-order valence-electron chi connectivity index (χ3n) is 2.57. The van der Waals surface area contributed by atoms with Crippen LogP contribution >= 0.6 is 0 Å². The van der Waals surface area contributed by atoms with E-state index in [1.807, 2.05) is 27.7 Å². The van der Waals surface area contributed by atoms with Crippen LogP contribution < -0.4 is 11.1 Å². The van der Waals surface area contributed by atoms with Crippen LogP contribution in [0.25, 0.3) is 0 Å². The van der Waals surface area contributed by atoms with Crippen LogP contribution in [0.3, 0.4) is 0 Å². The Labute approximate surface area is 139 Å². The summed E-state index contributed by atoms with van der Waals surface area (Å²) in [6.07, 6.45) is 4.05. The lowest BCUT2D eigenvalue weighted by Gasteiger charge is -2.26. The van der Waals surface area contributed by atoms with E-state index in [1.165, 1.54) is 6.42 Å². The molecule has 22 heavy (non-hydrogen) atoms. The first kappa shape index (κ1) is 26.3. The highest BCUT2D eigenvalue weighted by Gasteiger charge is 2.28. The zero-order valence-electron chi connectivity index (χ0n) is 16.6. The van der Waals surface area contributed by atoms with Crippen LogP contribution in [0.1, 0.15) is 88.0 Å². The Bertz CT molecular complexity index is 246. The Balaban J connectivity index is -0.000000637. The summed E-state index contributed by atoms with van der Waals surface area (Å²) in [6.45, 7) is 19.0. The summed E-state index contributed by atoms with van der Waals surface area (Å²) in [6, 6.07) is 0. The van der Waals surface area contributed by atoms with Crippen molar-refractivity contribution in [3.63, 3.8) is 0 Å². The Morgan fingerprint density at radius 1 is 1.09 bits per heavy atom. The maximum Gasteiger partial charge on any atom is 0.251 e. The van der Waals surface area contributed by atoms with Gasteiger partial charge < -0.3 is 15.8 Å². The molecule has 0 aromatic carbocycles. The van der Waals surface area contributed by atoms with Gasteiger partial charge in [-0.1, -0.05) is 47.5 Å². The molecule has 4 heteroatoms. The molecule has 136 valence electrons. The molecule has 0 aromatic heterocycles. The highest BCUT2D eigenvalue weighted by atomic mass is 16.5. The van der Waals surface area contributed by atoms with E-state index in [-0.39, 0.29) is 11.4 Å². The van der Waals surface area contributed by atoms with E-state index < -0.39 is 5.60 Å². The molecule has 0 radical (unpaired) electrons. The monoisotopic (exact) mass is 318 g/mol. The van der Waals surface area contributed by atoms with Crippen LogP contribution in [0.5, 0.6) is 0 Å². The molecule has 0 aliphatic rings. The lowest BCUT2D eigenvalue weighted by atomic mass is 10.0. The van der Waals surface area contributed by atoms with Gasteiger partial charge in [0, 0.05) is 18.7 Å². The van der Waals surface area contributed by atoms with Crippen molar-refractivity contribution < 1.29 is 9.53 Å². The molecule has 1 amide bonds. The number of hydrogen-bond donors (Lipinski definition) is 2. The summed E-state index contributed by atoms with van der Waals surface area (Å²) in [5.74, 6) is -0.0548. The molecule has 0 unspecified atom stereocenters. The molecule has 0 rings (SSSR count). The second-order valence-corrected chi connectivity index (χ2v) is 6.41. The van der Waals surface area contributed by atoms with Crippen molar-refractivity contribution in [2.24, 2.45) is 5.73 Å². The normalized spacial score (nSPS) is 10.8. The van der Waals surface area contributed by atoms with E-state index in [2.05, 4.69) is 26.1 Å². The van der Waals surface area contributed by atoms with Crippen LogP contribution in [0.15, 0.2) is 0 Å². The van der Waals surface area contributed by atoms with E-state index in [9.17, 15) is 4.79 Å². The first-order chi connectivity index (χ1) is 10.1. The first-order valence-electron chi connectivity index (χ1n) is 8.81. The van der Waals surface area contributed by atoms with E-state index in [1.54, 1.807) is 13.8 Å². The molecule has 0 heterocycles. The van der Waals surface area contributed by atoms with Crippen LogP contribution in [-0.4, -0.2) is 30.2 Å². The second kappa shape index (κ2) is 15.3. The number of hydrogen-bond acceptors (Lipinski definition) is 3. The smallest absolute Gasteiger partial charge is 0.251 e. The lowest BCUT2D eigenvalue weighted by Crippen LogP contribution is -2.45. The molecule has 0 aliphatic carbocycles.